The molecule has 0 aromatic heterocycles. The number of fused-ring (bicyclic) bond motifs is 1. The lowest BCUT2D eigenvalue weighted by Crippen LogP contribution is -2.12. The molecule has 20 heavy (non-hydrogen) atoms. The highest BCUT2D eigenvalue weighted by Crippen LogP contribution is 2.45. The molecule has 0 N–H and O–H groups in total. The van der Waals surface area contributed by atoms with Crippen molar-refractivity contribution in [1.82, 2.24) is 0 Å². The number of unbranched alkanes of at least 4 members (excludes halogenated alkanes) is 2. The van der Waals surface area contributed by atoms with Gasteiger partial charge in [0.1, 0.15) is 11.5 Å². The minimum Gasteiger partial charge on any atom is -0.497 e. The van der Waals surface area contributed by atoms with Crippen LogP contribution in [0.5, 0.6) is 11.5 Å². The minimum atomic E-state index is 0.0950. The van der Waals surface area contributed by atoms with Gasteiger partial charge in [-0.3, -0.25) is 4.79 Å². The highest BCUT2D eigenvalue weighted by Gasteiger charge is 2.39. The predicted octanol–water partition coefficient (Wildman–Crippen LogP) is 4.20. The fourth-order valence-corrected chi connectivity index (χ4v) is 3.14. The monoisotopic (exact) mass is 276 g/mol. The van der Waals surface area contributed by atoms with Gasteiger partial charge in [-0.15, -0.1) is 0 Å². The van der Waals surface area contributed by atoms with Crippen molar-refractivity contribution >= 4 is 5.78 Å². The van der Waals surface area contributed by atoms with Crippen molar-refractivity contribution in [1.29, 1.82) is 0 Å². The molecule has 0 amide bonds. The van der Waals surface area contributed by atoms with Gasteiger partial charge < -0.3 is 9.47 Å². The maximum Gasteiger partial charge on any atom is 0.170 e. The number of carbonyl (C=O) groups is 1. The number of ketones is 1. The molecule has 1 aromatic carbocycles. The van der Waals surface area contributed by atoms with Crippen molar-refractivity contribution < 1.29 is 14.3 Å². The first-order valence-corrected chi connectivity index (χ1v) is 7.44. The first-order valence-electron chi connectivity index (χ1n) is 7.44. The second-order valence-electron chi connectivity index (χ2n) is 5.55. The van der Waals surface area contributed by atoms with Gasteiger partial charge in [-0.25, -0.2) is 0 Å². The number of carbonyl (C=O) groups excluding carboxylic acids is 1. The summed E-state index contributed by atoms with van der Waals surface area (Å²) in [6, 6.07) is 3.79. The third-order valence-electron chi connectivity index (χ3n) is 4.36. The zero-order valence-corrected chi connectivity index (χ0v) is 12.9. The molecule has 2 atom stereocenters. The Hall–Kier alpha value is -1.51. The maximum absolute atomic E-state index is 12.7. The molecule has 0 saturated carbocycles. The Morgan fingerprint density at radius 1 is 1.15 bits per heavy atom. The Labute approximate surface area is 121 Å². The third kappa shape index (κ3) is 2.54. The molecule has 0 bridgehead atoms. The van der Waals surface area contributed by atoms with E-state index in [0.717, 1.165) is 29.7 Å². The summed E-state index contributed by atoms with van der Waals surface area (Å²) < 4.78 is 10.7. The van der Waals surface area contributed by atoms with Crippen LogP contribution in [0.15, 0.2) is 12.1 Å². The number of hydrogen-bond acceptors (Lipinski definition) is 3. The normalized spacial score (nSPS) is 20.9. The number of methoxy groups -OCH3 is 2. The largest absolute Gasteiger partial charge is 0.497 e. The van der Waals surface area contributed by atoms with Crippen molar-refractivity contribution in [3.05, 3.63) is 23.3 Å². The molecule has 2 rings (SSSR count). The first-order chi connectivity index (χ1) is 9.63. The SMILES string of the molecule is CCCCC[C@@H]1C(=O)c2c(OC)cc(OC)cc2[C@H]1C. The van der Waals surface area contributed by atoms with Crippen LogP contribution < -0.4 is 9.47 Å². The lowest BCUT2D eigenvalue weighted by atomic mass is 9.89. The Kier molecular flexibility index (Phi) is 4.69. The molecule has 0 aliphatic heterocycles. The summed E-state index contributed by atoms with van der Waals surface area (Å²) in [7, 11) is 3.25. The van der Waals surface area contributed by atoms with E-state index < -0.39 is 0 Å². The van der Waals surface area contributed by atoms with Crippen LogP contribution in [0.3, 0.4) is 0 Å². The van der Waals surface area contributed by atoms with Crippen LogP contribution in [0.4, 0.5) is 0 Å². The zero-order chi connectivity index (χ0) is 14.7. The summed E-state index contributed by atoms with van der Waals surface area (Å²) in [6.07, 6.45) is 4.45. The fraction of sp³-hybridized carbons (Fsp3) is 0.588. The Balaban J connectivity index is 2.32. The number of rotatable bonds is 6. The van der Waals surface area contributed by atoms with Gasteiger partial charge in [0.25, 0.3) is 0 Å². The van der Waals surface area contributed by atoms with Crippen LogP contribution in [0, 0.1) is 5.92 Å². The van der Waals surface area contributed by atoms with Gasteiger partial charge in [0.15, 0.2) is 5.78 Å². The van der Waals surface area contributed by atoms with Crippen molar-refractivity contribution in [2.45, 2.75) is 45.4 Å². The van der Waals surface area contributed by atoms with Gasteiger partial charge in [0.05, 0.1) is 19.8 Å². The Bertz CT molecular complexity index is 493. The summed E-state index contributed by atoms with van der Waals surface area (Å²) in [6.45, 7) is 4.32. The maximum atomic E-state index is 12.7. The number of ether oxygens (including phenoxy) is 2. The van der Waals surface area contributed by atoms with Crippen molar-refractivity contribution in [3.8, 4) is 11.5 Å². The van der Waals surface area contributed by atoms with E-state index in [2.05, 4.69) is 13.8 Å². The molecule has 110 valence electrons. The van der Waals surface area contributed by atoms with E-state index in [1.807, 2.05) is 6.07 Å². The molecule has 0 radical (unpaired) electrons. The molecule has 3 heteroatoms. The smallest absolute Gasteiger partial charge is 0.170 e. The Morgan fingerprint density at radius 2 is 1.90 bits per heavy atom. The Morgan fingerprint density at radius 3 is 2.50 bits per heavy atom. The average molecular weight is 276 g/mol. The standard InChI is InChI=1S/C17H24O3/c1-5-6-7-8-13-11(2)14-9-12(19-3)10-15(20-4)16(14)17(13)18/h9-11,13H,5-8H2,1-4H3/t11-,13-/m0/s1. The van der Waals surface area contributed by atoms with Crippen LogP contribution >= 0.6 is 0 Å². The lowest BCUT2D eigenvalue weighted by Gasteiger charge is -2.14. The van der Waals surface area contributed by atoms with Crippen molar-refractivity contribution in [2.75, 3.05) is 14.2 Å². The summed E-state index contributed by atoms with van der Waals surface area (Å²) >= 11 is 0. The molecule has 0 heterocycles. The van der Waals surface area contributed by atoms with Crippen LogP contribution in [-0.4, -0.2) is 20.0 Å². The minimum absolute atomic E-state index is 0.0950. The van der Waals surface area contributed by atoms with E-state index in [1.165, 1.54) is 12.8 Å². The summed E-state index contributed by atoms with van der Waals surface area (Å²) in [5.74, 6) is 1.99. The zero-order valence-electron chi connectivity index (χ0n) is 12.9. The van der Waals surface area contributed by atoms with Gasteiger partial charge >= 0.3 is 0 Å². The van der Waals surface area contributed by atoms with E-state index >= 15 is 0 Å². The van der Waals surface area contributed by atoms with Crippen molar-refractivity contribution in [3.63, 3.8) is 0 Å². The summed E-state index contributed by atoms with van der Waals surface area (Å²) in [4.78, 5) is 12.7. The molecule has 0 spiro atoms. The fourth-order valence-electron chi connectivity index (χ4n) is 3.14. The molecule has 1 aromatic rings. The van der Waals surface area contributed by atoms with Gasteiger partial charge in [0.2, 0.25) is 0 Å². The highest BCUT2D eigenvalue weighted by molar-refractivity contribution is 6.05. The molecular weight excluding hydrogens is 252 g/mol. The van der Waals surface area contributed by atoms with Crippen molar-refractivity contribution in [2.24, 2.45) is 5.92 Å². The highest BCUT2D eigenvalue weighted by atomic mass is 16.5. The summed E-state index contributed by atoms with van der Waals surface area (Å²) in [5, 5.41) is 0. The van der Waals surface area contributed by atoms with E-state index in [9.17, 15) is 4.79 Å². The van der Waals surface area contributed by atoms with E-state index in [-0.39, 0.29) is 17.6 Å². The van der Waals surface area contributed by atoms with Crippen LogP contribution in [0.1, 0.15) is 61.4 Å². The van der Waals surface area contributed by atoms with Crippen LogP contribution in [-0.2, 0) is 0 Å². The molecule has 0 unspecified atom stereocenters. The van der Waals surface area contributed by atoms with Crippen LogP contribution in [0.2, 0.25) is 0 Å². The number of hydrogen-bond donors (Lipinski definition) is 0. The molecule has 0 fully saturated rings. The second-order valence-corrected chi connectivity index (χ2v) is 5.55. The predicted molar refractivity (Wildman–Crippen MR) is 79.9 cm³/mol. The van der Waals surface area contributed by atoms with E-state index in [4.69, 9.17) is 9.47 Å². The van der Waals surface area contributed by atoms with Gasteiger partial charge in [-0.05, 0) is 24.0 Å². The van der Waals surface area contributed by atoms with E-state index in [1.54, 1.807) is 20.3 Å². The second kappa shape index (κ2) is 6.29. The lowest BCUT2D eigenvalue weighted by molar-refractivity contribution is 0.0915. The molecule has 0 saturated heterocycles. The topological polar surface area (TPSA) is 35.5 Å². The molecule has 1 aliphatic rings. The number of benzene rings is 1. The first kappa shape index (κ1) is 14.9. The van der Waals surface area contributed by atoms with Gasteiger partial charge in [0, 0.05) is 12.0 Å². The quantitative estimate of drug-likeness (QED) is 0.730. The summed E-state index contributed by atoms with van der Waals surface area (Å²) in [5.41, 5.74) is 1.84. The van der Waals surface area contributed by atoms with Gasteiger partial charge in [-0.2, -0.15) is 0 Å². The van der Waals surface area contributed by atoms with Gasteiger partial charge in [-0.1, -0.05) is 33.1 Å². The van der Waals surface area contributed by atoms with E-state index in [0.29, 0.717) is 5.75 Å². The molecule has 3 nitrogen and oxygen atoms in total. The third-order valence-corrected chi connectivity index (χ3v) is 4.36. The average Bonchev–Trinajstić information content (AvgIpc) is 2.71. The van der Waals surface area contributed by atoms with Crippen LogP contribution in [0.25, 0.3) is 0 Å². The number of Topliss-reactive ketones (excluding diaryl/α,β-unsaturated/α-hetero) is 1. The molecule has 1 aliphatic carbocycles. The molecular formula is C17H24O3.